The van der Waals surface area contributed by atoms with Gasteiger partial charge < -0.3 is 10.6 Å². The van der Waals surface area contributed by atoms with Crippen molar-refractivity contribution in [2.75, 3.05) is 24.2 Å². The Bertz CT molecular complexity index is 495. The molecule has 2 rings (SSSR count). The van der Waals surface area contributed by atoms with E-state index in [0.717, 1.165) is 0 Å². The van der Waals surface area contributed by atoms with Gasteiger partial charge in [0.25, 0.3) is 0 Å². The van der Waals surface area contributed by atoms with Crippen LogP contribution in [0.25, 0.3) is 0 Å². The Labute approximate surface area is 99.5 Å². The van der Waals surface area contributed by atoms with Crippen LogP contribution >= 0.6 is 0 Å². The van der Waals surface area contributed by atoms with Gasteiger partial charge in [-0.3, -0.25) is 4.68 Å². The Morgan fingerprint density at radius 3 is 2.76 bits per heavy atom. The Hall–Kier alpha value is -2.04. The van der Waals surface area contributed by atoms with Crippen LogP contribution < -0.4 is 10.6 Å². The first kappa shape index (κ1) is 11.4. The quantitative estimate of drug-likeness (QED) is 0.876. The van der Waals surface area contributed by atoms with Gasteiger partial charge >= 0.3 is 0 Å². The standard InChI is InChI=1S/C12H15FN4/c1-16(11-5-3-2-4-10(11)13)8-9-17-7-6-12(14)15-17/h2-7H,8-9H2,1H3,(H2,14,15). The van der Waals surface area contributed by atoms with E-state index >= 15 is 0 Å². The van der Waals surface area contributed by atoms with Gasteiger partial charge in [-0.25, -0.2) is 4.39 Å². The largest absolute Gasteiger partial charge is 0.382 e. The van der Waals surface area contributed by atoms with Crippen LogP contribution in [0.1, 0.15) is 0 Å². The average molecular weight is 234 g/mol. The molecule has 0 fully saturated rings. The van der Waals surface area contributed by atoms with Crippen molar-refractivity contribution in [2.45, 2.75) is 6.54 Å². The van der Waals surface area contributed by atoms with Gasteiger partial charge in [-0.15, -0.1) is 0 Å². The lowest BCUT2D eigenvalue weighted by Crippen LogP contribution is -2.23. The minimum absolute atomic E-state index is 0.213. The molecule has 17 heavy (non-hydrogen) atoms. The number of halogens is 1. The third-order valence-corrected chi connectivity index (χ3v) is 2.59. The zero-order valence-corrected chi connectivity index (χ0v) is 9.68. The summed E-state index contributed by atoms with van der Waals surface area (Å²) < 4.78 is 15.2. The molecule has 0 radical (unpaired) electrons. The molecule has 0 aliphatic heterocycles. The van der Waals surface area contributed by atoms with Crippen molar-refractivity contribution in [1.29, 1.82) is 0 Å². The fourth-order valence-corrected chi connectivity index (χ4v) is 1.64. The summed E-state index contributed by atoms with van der Waals surface area (Å²) in [4.78, 5) is 1.85. The first-order valence-electron chi connectivity index (χ1n) is 5.41. The SMILES string of the molecule is CN(CCn1ccc(N)n1)c1ccccc1F. The van der Waals surface area contributed by atoms with Gasteiger partial charge in [0.2, 0.25) is 0 Å². The molecule has 2 aromatic rings. The molecular formula is C12H15FN4. The second-order valence-electron chi connectivity index (χ2n) is 3.88. The van der Waals surface area contributed by atoms with Gasteiger partial charge in [-0.05, 0) is 18.2 Å². The molecular weight excluding hydrogens is 219 g/mol. The maximum absolute atomic E-state index is 13.5. The number of para-hydroxylation sites is 1. The number of nitrogens with two attached hydrogens (primary N) is 1. The Morgan fingerprint density at radius 1 is 1.35 bits per heavy atom. The number of aromatic nitrogens is 2. The number of likely N-dealkylation sites (N-methyl/N-ethyl adjacent to an activating group) is 1. The third-order valence-electron chi connectivity index (χ3n) is 2.59. The van der Waals surface area contributed by atoms with Crippen LogP contribution in [-0.2, 0) is 6.54 Å². The van der Waals surface area contributed by atoms with E-state index in [4.69, 9.17) is 5.73 Å². The molecule has 4 nitrogen and oxygen atoms in total. The van der Waals surface area contributed by atoms with Crippen molar-refractivity contribution in [3.05, 3.63) is 42.3 Å². The summed E-state index contributed by atoms with van der Waals surface area (Å²) in [6.07, 6.45) is 1.81. The summed E-state index contributed by atoms with van der Waals surface area (Å²) in [6, 6.07) is 8.45. The summed E-state index contributed by atoms with van der Waals surface area (Å²) in [7, 11) is 1.85. The van der Waals surface area contributed by atoms with Crippen molar-refractivity contribution in [3.63, 3.8) is 0 Å². The highest BCUT2D eigenvalue weighted by Crippen LogP contribution is 2.16. The summed E-state index contributed by atoms with van der Waals surface area (Å²) >= 11 is 0. The van der Waals surface area contributed by atoms with E-state index in [-0.39, 0.29) is 5.82 Å². The minimum atomic E-state index is -0.213. The summed E-state index contributed by atoms with van der Waals surface area (Å²) in [5.74, 6) is 0.286. The molecule has 0 aliphatic carbocycles. The van der Waals surface area contributed by atoms with Crippen LogP contribution in [0.15, 0.2) is 36.5 Å². The monoisotopic (exact) mass is 234 g/mol. The van der Waals surface area contributed by atoms with Gasteiger partial charge in [0.15, 0.2) is 0 Å². The Balaban J connectivity index is 1.98. The van der Waals surface area contributed by atoms with Gasteiger partial charge in [-0.1, -0.05) is 12.1 Å². The third kappa shape index (κ3) is 2.75. The summed E-state index contributed by atoms with van der Waals surface area (Å²) in [5.41, 5.74) is 6.11. The van der Waals surface area contributed by atoms with Crippen LogP contribution in [0.2, 0.25) is 0 Å². The molecule has 1 aromatic heterocycles. The maximum Gasteiger partial charge on any atom is 0.146 e. The Kier molecular flexibility index (Phi) is 3.27. The van der Waals surface area contributed by atoms with Crippen molar-refractivity contribution in [3.8, 4) is 0 Å². The van der Waals surface area contributed by atoms with E-state index in [9.17, 15) is 4.39 Å². The molecule has 0 aliphatic rings. The number of nitrogen functional groups attached to an aromatic ring is 1. The minimum Gasteiger partial charge on any atom is -0.382 e. The molecule has 90 valence electrons. The predicted octanol–water partition coefficient (Wildman–Crippen LogP) is 1.74. The lowest BCUT2D eigenvalue weighted by atomic mass is 10.3. The predicted molar refractivity (Wildman–Crippen MR) is 66.3 cm³/mol. The molecule has 0 unspecified atom stereocenters. The zero-order valence-electron chi connectivity index (χ0n) is 9.68. The van der Waals surface area contributed by atoms with Gasteiger partial charge in [-0.2, -0.15) is 5.10 Å². The molecule has 1 aromatic carbocycles. The second-order valence-corrected chi connectivity index (χ2v) is 3.88. The van der Waals surface area contributed by atoms with E-state index in [1.807, 2.05) is 24.2 Å². The molecule has 1 heterocycles. The van der Waals surface area contributed by atoms with Crippen molar-refractivity contribution in [2.24, 2.45) is 0 Å². The van der Waals surface area contributed by atoms with Crippen LogP contribution in [-0.4, -0.2) is 23.4 Å². The van der Waals surface area contributed by atoms with Gasteiger partial charge in [0, 0.05) is 19.8 Å². The van der Waals surface area contributed by atoms with E-state index < -0.39 is 0 Å². The van der Waals surface area contributed by atoms with E-state index in [0.29, 0.717) is 24.6 Å². The molecule has 0 bridgehead atoms. The smallest absolute Gasteiger partial charge is 0.146 e. The second kappa shape index (κ2) is 4.86. The molecule has 2 N–H and O–H groups in total. The summed E-state index contributed by atoms with van der Waals surface area (Å²) in [6.45, 7) is 1.34. The van der Waals surface area contributed by atoms with Crippen molar-refractivity contribution >= 4 is 11.5 Å². The van der Waals surface area contributed by atoms with Gasteiger partial charge in [0.05, 0.1) is 12.2 Å². The highest BCUT2D eigenvalue weighted by atomic mass is 19.1. The average Bonchev–Trinajstić information content (AvgIpc) is 2.73. The fourth-order valence-electron chi connectivity index (χ4n) is 1.64. The number of nitrogens with zero attached hydrogens (tertiary/aromatic N) is 3. The van der Waals surface area contributed by atoms with Crippen LogP contribution in [0.3, 0.4) is 0 Å². The van der Waals surface area contributed by atoms with Gasteiger partial charge in [0.1, 0.15) is 11.6 Å². The van der Waals surface area contributed by atoms with Crippen molar-refractivity contribution < 1.29 is 4.39 Å². The van der Waals surface area contributed by atoms with E-state index in [1.54, 1.807) is 22.9 Å². The zero-order chi connectivity index (χ0) is 12.3. The molecule has 0 spiro atoms. The highest BCUT2D eigenvalue weighted by Gasteiger charge is 2.06. The number of benzene rings is 1. The molecule has 0 amide bonds. The number of hydrogen-bond donors (Lipinski definition) is 1. The lowest BCUT2D eigenvalue weighted by molar-refractivity contribution is 0.593. The molecule has 0 atom stereocenters. The van der Waals surface area contributed by atoms with E-state index in [2.05, 4.69) is 5.10 Å². The fraction of sp³-hybridized carbons (Fsp3) is 0.250. The van der Waals surface area contributed by atoms with Crippen LogP contribution in [0.4, 0.5) is 15.9 Å². The Morgan fingerprint density at radius 2 is 2.12 bits per heavy atom. The van der Waals surface area contributed by atoms with Crippen LogP contribution in [0, 0.1) is 5.82 Å². The number of anilines is 2. The molecule has 0 saturated heterocycles. The molecule has 5 heteroatoms. The first-order valence-corrected chi connectivity index (χ1v) is 5.41. The topological polar surface area (TPSA) is 47.1 Å². The molecule has 0 saturated carbocycles. The van der Waals surface area contributed by atoms with E-state index in [1.165, 1.54) is 6.07 Å². The number of rotatable bonds is 4. The van der Waals surface area contributed by atoms with Crippen LogP contribution in [0.5, 0.6) is 0 Å². The van der Waals surface area contributed by atoms with Crippen molar-refractivity contribution in [1.82, 2.24) is 9.78 Å². The first-order chi connectivity index (χ1) is 8.16. The normalized spacial score (nSPS) is 10.5. The maximum atomic E-state index is 13.5. The summed E-state index contributed by atoms with van der Waals surface area (Å²) in [5, 5.41) is 4.07. The number of hydrogen-bond acceptors (Lipinski definition) is 3. The lowest BCUT2D eigenvalue weighted by Gasteiger charge is -2.19. The highest BCUT2D eigenvalue weighted by molar-refractivity contribution is 5.46.